The Hall–Kier alpha value is -2.42. The lowest BCUT2D eigenvalue weighted by Gasteiger charge is -2.08. The van der Waals surface area contributed by atoms with Crippen LogP contribution in [0.1, 0.15) is 5.56 Å². The van der Waals surface area contributed by atoms with Gasteiger partial charge >= 0.3 is 0 Å². The SMILES string of the molecule is O=c1ccn(Cc2cccc3cccnc23)cc1. The average Bonchev–Trinajstić information content (AvgIpc) is 2.42. The Labute approximate surface area is 104 Å². The third-order valence-electron chi connectivity index (χ3n) is 2.93. The van der Waals surface area contributed by atoms with E-state index >= 15 is 0 Å². The van der Waals surface area contributed by atoms with E-state index in [0.717, 1.165) is 16.5 Å². The van der Waals surface area contributed by atoms with Gasteiger partial charge in [0.15, 0.2) is 5.43 Å². The molecule has 0 aliphatic rings. The molecule has 1 aromatic carbocycles. The first-order valence-electron chi connectivity index (χ1n) is 5.82. The van der Waals surface area contributed by atoms with Crippen molar-refractivity contribution in [1.29, 1.82) is 0 Å². The maximum atomic E-state index is 11.1. The van der Waals surface area contributed by atoms with E-state index in [2.05, 4.69) is 23.2 Å². The number of benzene rings is 1. The minimum absolute atomic E-state index is 0.0299. The highest BCUT2D eigenvalue weighted by Gasteiger charge is 2.01. The Morgan fingerprint density at radius 2 is 1.78 bits per heavy atom. The number of para-hydroxylation sites is 1. The van der Waals surface area contributed by atoms with E-state index in [1.807, 2.05) is 16.7 Å². The molecule has 0 spiro atoms. The number of hydrogen-bond donors (Lipinski definition) is 0. The summed E-state index contributed by atoms with van der Waals surface area (Å²) < 4.78 is 1.98. The summed E-state index contributed by atoms with van der Waals surface area (Å²) in [6.07, 6.45) is 5.39. The maximum Gasteiger partial charge on any atom is 0.181 e. The smallest absolute Gasteiger partial charge is 0.181 e. The highest BCUT2D eigenvalue weighted by atomic mass is 16.1. The summed E-state index contributed by atoms with van der Waals surface area (Å²) in [5, 5.41) is 1.14. The van der Waals surface area contributed by atoms with E-state index in [1.165, 1.54) is 0 Å². The van der Waals surface area contributed by atoms with Gasteiger partial charge in [-0.05, 0) is 11.6 Å². The van der Waals surface area contributed by atoms with Gasteiger partial charge in [-0.2, -0.15) is 0 Å². The van der Waals surface area contributed by atoms with Crippen molar-refractivity contribution < 1.29 is 0 Å². The summed E-state index contributed by atoms with van der Waals surface area (Å²) in [6, 6.07) is 13.3. The minimum atomic E-state index is 0.0299. The fourth-order valence-corrected chi connectivity index (χ4v) is 2.04. The molecule has 0 saturated carbocycles. The predicted molar refractivity (Wildman–Crippen MR) is 71.5 cm³/mol. The van der Waals surface area contributed by atoms with Crippen LogP contribution in [-0.2, 0) is 6.54 Å². The van der Waals surface area contributed by atoms with Gasteiger partial charge in [0.2, 0.25) is 0 Å². The molecular formula is C15H12N2O. The molecule has 3 nitrogen and oxygen atoms in total. The van der Waals surface area contributed by atoms with Crippen LogP contribution < -0.4 is 5.43 Å². The fourth-order valence-electron chi connectivity index (χ4n) is 2.04. The van der Waals surface area contributed by atoms with Crippen molar-refractivity contribution in [2.45, 2.75) is 6.54 Å². The second kappa shape index (κ2) is 4.45. The Kier molecular flexibility index (Phi) is 2.65. The maximum absolute atomic E-state index is 11.1. The van der Waals surface area contributed by atoms with E-state index in [-0.39, 0.29) is 5.43 Å². The monoisotopic (exact) mass is 236 g/mol. The summed E-state index contributed by atoms with van der Waals surface area (Å²) in [7, 11) is 0. The zero-order valence-electron chi connectivity index (χ0n) is 9.78. The first kappa shape index (κ1) is 10.7. The largest absolute Gasteiger partial charge is 0.350 e. The number of pyridine rings is 2. The molecule has 0 saturated heterocycles. The molecule has 0 bridgehead atoms. The van der Waals surface area contributed by atoms with Crippen molar-refractivity contribution >= 4 is 10.9 Å². The molecule has 0 aliphatic carbocycles. The van der Waals surface area contributed by atoms with Crippen LogP contribution in [0.15, 0.2) is 65.8 Å². The van der Waals surface area contributed by atoms with Gasteiger partial charge in [-0.1, -0.05) is 24.3 Å². The zero-order chi connectivity index (χ0) is 12.4. The van der Waals surface area contributed by atoms with E-state index in [4.69, 9.17) is 0 Å². The van der Waals surface area contributed by atoms with Crippen molar-refractivity contribution in [2.24, 2.45) is 0 Å². The number of fused-ring (bicyclic) bond motifs is 1. The Morgan fingerprint density at radius 3 is 2.61 bits per heavy atom. The highest BCUT2D eigenvalue weighted by Crippen LogP contribution is 2.16. The Balaban J connectivity index is 2.04. The van der Waals surface area contributed by atoms with Gasteiger partial charge in [-0.3, -0.25) is 9.78 Å². The molecule has 0 atom stereocenters. The summed E-state index contributed by atoms with van der Waals surface area (Å²) in [5.41, 5.74) is 2.19. The molecule has 0 unspecified atom stereocenters. The molecule has 3 rings (SSSR count). The molecule has 2 aromatic heterocycles. The van der Waals surface area contributed by atoms with Gasteiger partial charge in [-0.15, -0.1) is 0 Å². The summed E-state index contributed by atoms with van der Waals surface area (Å²) in [4.78, 5) is 15.5. The number of nitrogens with zero attached hydrogens (tertiary/aromatic N) is 2. The third kappa shape index (κ3) is 2.02. The topological polar surface area (TPSA) is 34.9 Å². The van der Waals surface area contributed by atoms with Gasteiger partial charge in [0.25, 0.3) is 0 Å². The molecule has 0 N–H and O–H groups in total. The predicted octanol–water partition coefficient (Wildman–Crippen LogP) is 2.44. The number of hydrogen-bond acceptors (Lipinski definition) is 2. The standard InChI is InChI=1S/C15H12N2O/c18-14-6-9-17(10-7-14)11-13-4-1-3-12-5-2-8-16-15(12)13/h1-10H,11H2. The lowest BCUT2D eigenvalue weighted by atomic mass is 10.1. The van der Waals surface area contributed by atoms with Crippen LogP contribution in [0, 0.1) is 0 Å². The summed E-state index contributed by atoms with van der Waals surface area (Å²) >= 11 is 0. The summed E-state index contributed by atoms with van der Waals surface area (Å²) in [6.45, 7) is 0.717. The van der Waals surface area contributed by atoms with E-state index in [0.29, 0.717) is 6.54 Å². The van der Waals surface area contributed by atoms with Crippen molar-refractivity contribution in [1.82, 2.24) is 9.55 Å². The van der Waals surface area contributed by atoms with Crippen molar-refractivity contribution in [2.75, 3.05) is 0 Å². The van der Waals surface area contributed by atoms with Crippen LogP contribution in [0.5, 0.6) is 0 Å². The van der Waals surface area contributed by atoms with Crippen LogP contribution in [-0.4, -0.2) is 9.55 Å². The highest BCUT2D eigenvalue weighted by molar-refractivity contribution is 5.81. The molecule has 0 radical (unpaired) electrons. The van der Waals surface area contributed by atoms with E-state index in [1.54, 1.807) is 30.7 Å². The van der Waals surface area contributed by atoms with Gasteiger partial charge in [-0.25, -0.2) is 0 Å². The van der Waals surface area contributed by atoms with E-state index in [9.17, 15) is 4.79 Å². The lowest BCUT2D eigenvalue weighted by molar-refractivity contribution is 0.792. The minimum Gasteiger partial charge on any atom is -0.350 e. The third-order valence-corrected chi connectivity index (χ3v) is 2.93. The van der Waals surface area contributed by atoms with Crippen LogP contribution in [0.3, 0.4) is 0 Å². The molecule has 2 heterocycles. The second-order valence-corrected chi connectivity index (χ2v) is 4.20. The van der Waals surface area contributed by atoms with E-state index < -0.39 is 0 Å². The van der Waals surface area contributed by atoms with Gasteiger partial charge in [0.05, 0.1) is 5.52 Å². The number of rotatable bonds is 2. The molecular weight excluding hydrogens is 224 g/mol. The van der Waals surface area contributed by atoms with Crippen LogP contribution in [0.2, 0.25) is 0 Å². The fraction of sp³-hybridized carbons (Fsp3) is 0.0667. The normalized spacial score (nSPS) is 10.7. The Morgan fingerprint density at radius 1 is 1.00 bits per heavy atom. The molecule has 0 fully saturated rings. The first-order valence-corrected chi connectivity index (χ1v) is 5.82. The van der Waals surface area contributed by atoms with Crippen molar-refractivity contribution in [3.05, 3.63) is 76.8 Å². The molecule has 3 heteroatoms. The van der Waals surface area contributed by atoms with Gasteiger partial charge < -0.3 is 4.57 Å². The first-order chi connectivity index (χ1) is 8.83. The summed E-state index contributed by atoms with van der Waals surface area (Å²) in [5.74, 6) is 0. The number of aromatic nitrogens is 2. The molecule has 0 aliphatic heterocycles. The zero-order valence-corrected chi connectivity index (χ0v) is 9.78. The molecule has 18 heavy (non-hydrogen) atoms. The molecule has 3 aromatic rings. The lowest BCUT2D eigenvalue weighted by Crippen LogP contribution is -2.05. The molecule has 0 amide bonds. The van der Waals surface area contributed by atoms with Crippen LogP contribution in [0.25, 0.3) is 10.9 Å². The van der Waals surface area contributed by atoms with Crippen LogP contribution >= 0.6 is 0 Å². The van der Waals surface area contributed by atoms with Gasteiger partial charge in [0.1, 0.15) is 0 Å². The second-order valence-electron chi connectivity index (χ2n) is 4.20. The Bertz CT molecular complexity index is 721. The van der Waals surface area contributed by atoms with Crippen LogP contribution in [0.4, 0.5) is 0 Å². The van der Waals surface area contributed by atoms with Crippen molar-refractivity contribution in [3.63, 3.8) is 0 Å². The van der Waals surface area contributed by atoms with Crippen molar-refractivity contribution in [3.8, 4) is 0 Å². The quantitative estimate of drug-likeness (QED) is 0.685. The molecule has 88 valence electrons. The average molecular weight is 236 g/mol. The van der Waals surface area contributed by atoms with Gasteiger partial charge in [0, 0.05) is 42.7 Å².